The molecule has 2 amide bonds. The number of nitrogens with zero attached hydrogens (tertiary/aromatic N) is 4. The number of allylic oxidation sites excluding steroid dienone is 2. The van der Waals surface area contributed by atoms with Gasteiger partial charge in [0.2, 0.25) is 0 Å². The summed E-state index contributed by atoms with van der Waals surface area (Å²) in [6.07, 6.45) is 6.97. The number of hydrogen-bond acceptors (Lipinski definition) is 4. The summed E-state index contributed by atoms with van der Waals surface area (Å²) in [5.41, 5.74) is 4.06. The van der Waals surface area contributed by atoms with Gasteiger partial charge in [0.05, 0.1) is 10.0 Å². The molecule has 3 aliphatic heterocycles. The van der Waals surface area contributed by atoms with Gasteiger partial charge >= 0.3 is 6.03 Å². The van der Waals surface area contributed by atoms with Gasteiger partial charge < -0.3 is 4.90 Å². The van der Waals surface area contributed by atoms with Gasteiger partial charge in [-0.3, -0.25) is 14.8 Å². The number of anilines is 1. The quantitative estimate of drug-likeness (QED) is 0.813. The number of halogens is 2. The molecule has 27 heavy (non-hydrogen) atoms. The highest BCUT2D eigenvalue weighted by Crippen LogP contribution is 2.27. The number of carbonyl (C=O) groups is 1. The van der Waals surface area contributed by atoms with Gasteiger partial charge in [0.25, 0.3) is 0 Å². The van der Waals surface area contributed by atoms with Crippen molar-refractivity contribution in [3.63, 3.8) is 0 Å². The lowest BCUT2D eigenvalue weighted by molar-refractivity contribution is 0.214. The molecule has 0 unspecified atom stereocenters. The number of hydrogen-bond donors (Lipinski definition) is 1. The van der Waals surface area contributed by atoms with Gasteiger partial charge in [-0.05, 0) is 30.7 Å². The highest BCUT2D eigenvalue weighted by atomic mass is 35.5. The Morgan fingerprint density at radius 1 is 1.04 bits per heavy atom. The molecule has 1 aromatic rings. The van der Waals surface area contributed by atoms with Crippen molar-refractivity contribution in [2.45, 2.75) is 6.42 Å². The van der Waals surface area contributed by atoms with Crippen molar-refractivity contribution < 1.29 is 4.79 Å². The maximum absolute atomic E-state index is 12.0. The van der Waals surface area contributed by atoms with Crippen LogP contribution in [0.2, 0.25) is 10.0 Å². The summed E-state index contributed by atoms with van der Waals surface area (Å²) in [4.78, 5) is 18.5. The van der Waals surface area contributed by atoms with E-state index in [1.807, 2.05) is 41.4 Å². The molecule has 0 aromatic heterocycles. The van der Waals surface area contributed by atoms with Gasteiger partial charge in [-0.2, -0.15) is 0 Å². The highest BCUT2D eigenvalue weighted by molar-refractivity contribution is 6.42. The Bertz CT molecular complexity index is 773. The Balaban J connectivity index is 1.23. The number of nitrogens with one attached hydrogen (secondary N) is 1. The van der Waals surface area contributed by atoms with E-state index in [-0.39, 0.29) is 6.03 Å². The molecule has 1 aromatic carbocycles. The Morgan fingerprint density at radius 3 is 2.63 bits per heavy atom. The molecule has 0 radical (unpaired) electrons. The predicted molar refractivity (Wildman–Crippen MR) is 109 cm³/mol. The molecule has 1 N–H and O–H groups in total. The first kappa shape index (κ1) is 18.5. The van der Waals surface area contributed by atoms with Crippen molar-refractivity contribution in [3.8, 4) is 0 Å². The summed E-state index contributed by atoms with van der Waals surface area (Å²) in [7, 11) is 0. The Morgan fingerprint density at radius 2 is 1.85 bits per heavy atom. The molecule has 0 spiro atoms. The molecule has 2 saturated heterocycles. The van der Waals surface area contributed by atoms with Crippen molar-refractivity contribution >= 4 is 34.9 Å². The van der Waals surface area contributed by atoms with Crippen LogP contribution in [-0.4, -0.2) is 66.7 Å². The third kappa shape index (κ3) is 4.03. The molecular formula is C19H23Cl2N5O. The fraction of sp³-hybridized carbons (Fsp3) is 0.421. The monoisotopic (exact) mass is 407 g/mol. The van der Waals surface area contributed by atoms with Crippen molar-refractivity contribution in [2.24, 2.45) is 0 Å². The van der Waals surface area contributed by atoms with E-state index >= 15 is 0 Å². The maximum Gasteiger partial charge on any atom is 0.342 e. The zero-order chi connectivity index (χ0) is 18.8. The predicted octanol–water partition coefficient (Wildman–Crippen LogP) is 3.16. The van der Waals surface area contributed by atoms with Gasteiger partial charge in [-0.15, -0.1) is 0 Å². The smallest absolute Gasteiger partial charge is 0.342 e. The molecule has 6 nitrogen and oxygen atoms in total. The van der Waals surface area contributed by atoms with Crippen LogP contribution in [0.1, 0.15) is 6.42 Å². The lowest BCUT2D eigenvalue weighted by Gasteiger charge is -2.36. The van der Waals surface area contributed by atoms with Crippen molar-refractivity contribution in [2.75, 3.05) is 50.7 Å². The SMILES string of the molecule is O=C1NN(CCCN2CCN(c3ccc(Cl)c(Cl)c3)CC2)C2=CC=CCN12. The Hall–Kier alpha value is -1.89. The van der Waals surface area contributed by atoms with Crippen molar-refractivity contribution in [3.05, 3.63) is 52.3 Å². The maximum atomic E-state index is 12.0. The summed E-state index contributed by atoms with van der Waals surface area (Å²) in [6, 6.07) is 5.78. The van der Waals surface area contributed by atoms with Crippen molar-refractivity contribution in [1.82, 2.24) is 20.2 Å². The van der Waals surface area contributed by atoms with E-state index in [1.165, 1.54) is 0 Å². The van der Waals surface area contributed by atoms with E-state index in [9.17, 15) is 4.79 Å². The molecule has 3 aliphatic rings. The van der Waals surface area contributed by atoms with Crippen LogP contribution in [0, 0.1) is 0 Å². The van der Waals surface area contributed by atoms with Crippen LogP contribution in [-0.2, 0) is 0 Å². The van der Waals surface area contributed by atoms with E-state index in [4.69, 9.17) is 23.2 Å². The minimum absolute atomic E-state index is 0.0409. The lowest BCUT2D eigenvalue weighted by atomic mass is 10.2. The summed E-state index contributed by atoms with van der Waals surface area (Å²) < 4.78 is 0. The summed E-state index contributed by atoms with van der Waals surface area (Å²) in [5, 5.41) is 3.15. The standard InChI is InChI=1S/C19H23Cl2N5O/c20-16-6-5-15(14-17(16)21)24-12-10-23(11-13-24)7-3-9-26-18-4-1-2-8-25(18)19(27)22-26/h1-2,4-6,14H,3,7-13H2,(H,22,27). The number of amides is 2. The van der Waals surface area contributed by atoms with E-state index in [2.05, 4.69) is 15.2 Å². The normalized spacial score (nSPS) is 20.0. The molecule has 3 heterocycles. The van der Waals surface area contributed by atoms with Crippen LogP contribution in [0.5, 0.6) is 0 Å². The zero-order valence-electron chi connectivity index (χ0n) is 15.1. The van der Waals surface area contributed by atoms with Crippen molar-refractivity contribution in [1.29, 1.82) is 0 Å². The van der Waals surface area contributed by atoms with Gasteiger partial charge in [0.15, 0.2) is 0 Å². The van der Waals surface area contributed by atoms with Crippen LogP contribution in [0.4, 0.5) is 10.5 Å². The van der Waals surface area contributed by atoms with E-state index in [0.29, 0.717) is 16.6 Å². The topological polar surface area (TPSA) is 42.1 Å². The molecule has 0 bridgehead atoms. The first-order valence-corrected chi connectivity index (χ1v) is 10.0. The van der Waals surface area contributed by atoms with Gasteiger partial charge in [0, 0.05) is 51.5 Å². The van der Waals surface area contributed by atoms with Crippen LogP contribution < -0.4 is 10.3 Å². The van der Waals surface area contributed by atoms with Crippen LogP contribution in [0.25, 0.3) is 0 Å². The third-order valence-corrected chi connectivity index (χ3v) is 5.93. The second kappa shape index (κ2) is 8.00. The zero-order valence-corrected chi connectivity index (χ0v) is 16.6. The van der Waals surface area contributed by atoms with Gasteiger partial charge in [0.1, 0.15) is 5.82 Å². The van der Waals surface area contributed by atoms with Crippen LogP contribution in [0.15, 0.2) is 42.2 Å². The lowest BCUT2D eigenvalue weighted by Crippen LogP contribution is -2.47. The fourth-order valence-corrected chi connectivity index (χ4v) is 3.99. The van der Waals surface area contributed by atoms with Crippen LogP contribution >= 0.6 is 23.2 Å². The fourth-order valence-electron chi connectivity index (χ4n) is 3.69. The molecule has 2 fully saturated rings. The summed E-state index contributed by atoms with van der Waals surface area (Å²) in [5.74, 6) is 0.951. The number of urea groups is 1. The van der Waals surface area contributed by atoms with E-state index in [0.717, 1.165) is 57.2 Å². The van der Waals surface area contributed by atoms with Gasteiger partial charge in [-0.1, -0.05) is 35.4 Å². The first-order valence-electron chi connectivity index (χ1n) is 9.27. The number of rotatable bonds is 5. The Kier molecular flexibility index (Phi) is 5.48. The number of benzene rings is 1. The molecule has 8 heteroatoms. The minimum atomic E-state index is -0.0409. The number of carbonyl (C=O) groups excluding carboxylic acids is 1. The summed E-state index contributed by atoms with van der Waals surface area (Å²) >= 11 is 12.1. The molecular weight excluding hydrogens is 385 g/mol. The number of piperazine rings is 1. The molecule has 0 atom stereocenters. The summed E-state index contributed by atoms with van der Waals surface area (Å²) in [6.45, 7) is 6.46. The minimum Gasteiger partial charge on any atom is -0.369 e. The molecule has 0 aliphatic carbocycles. The number of hydrazine groups is 1. The number of fused-ring (bicyclic) bond motifs is 1. The second-order valence-corrected chi connectivity index (χ2v) is 7.73. The second-order valence-electron chi connectivity index (χ2n) is 6.91. The van der Waals surface area contributed by atoms with Gasteiger partial charge in [-0.25, -0.2) is 10.2 Å². The third-order valence-electron chi connectivity index (χ3n) is 5.19. The largest absolute Gasteiger partial charge is 0.369 e. The average Bonchev–Trinajstić information content (AvgIpc) is 3.01. The molecule has 0 saturated carbocycles. The molecule has 4 rings (SSSR count). The highest BCUT2D eigenvalue weighted by Gasteiger charge is 2.31. The van der Waals surface area contributed by atoms with E-state index in [1.54, 1.807) is 4.90 Å². The van der Waals surface area contributed by atoms with Crippen LogP contribution in [0.3, 0.4) is 0 Å². The molecule has 144 valence electrons. The Labute approximate surface area is 169 Å². The average molecular weight is 408 g/mol. The first-order chi connectivity index (χ1) is 13.1. The van der Waals surface area contributed by atoms with E-state index < -0.39 is 0 Å².